The van der Waals surface area contributed by atoms with E-state index in [-0.39, 0.29) is 17.9 Å². The van der Waals surface area contributed by atoms with Gasteiger partial charge in [-0.15, -0.1) is 11.8 Å². The highest BCUT2D eigenvalue weighted by Crippen LogP contribution is 2.21. The standard InChI is InChI=1S/C22H26BrN3O2S/c23-17-6-8-20(9-7-17)29-15-12-21(27)24-19-10-13-26(14-11-19)16-22(28)25-18-4-2-1-3-5-18/h1-9,19H,10-16H2,(H,24,27)(H,25,28). The molecule has 1 heterocycles. The Bertz CT molecular complexity index is 793. The molecule has 0 saturated carbocycles. The monoisotopic (exact) mass is 475 g/mol. The van der Waals surface area contributed by atoms with Crippen molar-refractivity contribution < 1.29 is 9.59 Å². The molecule has 0 bridgehead atoms. The molecule has 154 valence electrons. The van der Waals surface area contributed by atoms with Gasteiger partial charge in [-0.1, -0.05) is 34.1 Å². The molecule has 29 heavy (non-hydrogen) atoms. The Kier molecular flexibility index (Phi) is 8.58. The molecule has 1 fully saturated rings. The second-order valence-electron chi connectivity index (χ2n) is 7.08. The third-order valence-corrected chi connectivity index (χ3v) is 6.33. The van der Waals surface area contributed by atoms with E-state index in [9.17, 15) is 9.59 Å². The minimum absolute atomic E-state index is 0.00338. The van der Waals surface area contributed by atoms with Crippen LogP contribution in [0.5, 0.6) is 0 Å². The van der Waals surface area contributed by atoms with E-state index < -0.39 is 0 Å². The molecule has 0 aliphatic carbocycles. The zero-order valence-corrected chi connectivity index (χ0v) is 18.7. The van der Waals surface area contributed by atoms with Gasteiger partial charge in [-0.05, 0) is 49.2 Å². The fraction of sp³-hybridized carbons (Fsp3) is 0.364. The zero-order chi connectivity index (χ0) is 20.5. The van der Waals surface area contributed by atoms with Crippen LogP contribution in [0.2, 0.25) is 0 Å². The highest BCUT2D eigenvalue weighted by molar-refractivity contribution is 9.10. The lowest BCUT2D eigenvalue weighted by Gasteiger charge is -2.31. The first-order chi connectivity index (χ1) is 14.1. The number of nitrogens with zero attached hydrogens (tertiary/aromatic N) is 1. The number of benzene rings is 2. The third kappa shape index (κ3) is 7.84. The van der Waals surface area contributed by atoms with Crippen molar-refractivity contribution in [2.75, 3.05) is 30.7 Å². The Labute approximate surface area is 184 Å². The van der Waals surface area contributed by atoms with Crippen LogP contribution in [-0.2, 0) is 9.59 Å². The fourth-order valence-electron chi connectivity index (χ4n) is 3.25. The molecule has 0 unspecified atom stereocenters. The molecule has 0 atom stereocenters. The van der Waals surface area contributed by atoms with E-state index in [0.717, 1.165) is 41.8 Å². The van der Waals surface area contributed by atoms with Crippen molar-refractivity contribution in [2.24, 2.45) is 0 Å². The summed E-state index contributed by atoms with van der Waals surface area (Å²) in [6.07, 6.45) is 2.27. The molecule has 2 aromatic rings. The van der Waals surface area contributed by atoms with E-state index in [1.54, 1.807) is 11.8 Å². The Morgan fingerprint density at radius 1 is 1.00 bits per heavy atom. The number of carbonyl (C=O) groups excluding carboxylic acids is 2. The Morgan fingerprint density at radius 3 is 2.38 bits per heavy atom. The second-order valence-corrected chi connectivity index (χ2v) is 9.17. The van der Waals surface area contributed by atoms with Crippen molar-refractivity contribution in [3.8, 4) is 0 Å². The van der Waals surface area contributed by atoms with Gasteiger partial charge in [0.1, 0.15) is 0 Å². The van der Waals surface area contributed by atoms with Crippen LogP contribution in [0, 0.1) is 0 Å². The van der Waals surface area contributed by atoms with Gasteiger partial charge in [-0.3, -0.25) is 14.5 Å². The maximum atomic E-state index is 12.2. The Balaban J connectivity index is 1.30. The summed E-state index contributed by atoms with van der Waals surface area (Å²) in [4.78, 5) is 27.7. The number of likely N-dealkylation sites (tertiary alicyclic amines) is 1. The molecule has 2 aromatic carbocycles. The smallest absolute Gasteiger partial charge is 0.238 e. The molecule has 0 radical (unpaired) electrons. The maximum Gasteiger partial charge on any atom is 0.238 e. The van der Waals surface area contributed by atoms with Gasteiger partial charge in [0.25, 0.3) is 0 Å². The lowest BCUT2D eigenvalue weighted by Crippen LogP contribution is -2.46. The largest absolute Gasteiger partial charge is 0.353 e. The SMILES string of the molecule is O=C(CN1CCC(NC(=O)CCSc2ccc(Br)cc2)CC1)Nc1ccccc1. The third-order valence-electron chi connectivity index (χ3n) is 4.79. The summed E-state index contributed by atoms with van der Waals surface area (Å²) < 4.78 is 1.06. The van der Waals surface area contributed by atoms with Gasteiger partial charge in [-0.25, -0.2) is 0 Å². The number of nitrogens with one attached hydrogen (secondary N) is 2. The average molecular weight is 476 g/mol. The average Bonchev–Trinajstić information content (AvgIpc) is 2.72. The van der Waals surface area contributed by atoms with Gasteiger partial charge in [0.05, 0.1) is 6.54 Å². The summed E-state index contributed by atoms with van der Waals surface area (Å²) in [6, 6.07) is 17.8. The summed E-state index contributed by atoms with van der Waals surface area (Å²) in [5.74, 6) is 0.880. The summed E-state index contributed by atoms with van der Waals surface area (Å²) in [5, 5.41) is 6.06. The van der Waals surface area contributed by atoms with Gasteiger partial charge in [0, 0.05) is 46.4 Å². The summed E-state index contributed by atoms with van der Waals surface area (Å²) in [7, 11) is 0. The quantitative estimate of drug-likeness (QED) is 0.562. The number of thioether (sulfide) groups is 1. The molecule has 0 aromatic heterocycles. The summed E-state index contributed by atoms with van der Waals surface area (Å²) in [5.41, 5.74) is 0.820. The fourth-order valence-corrected chi connectivity index (χ4v) is 4.37. The van der Waals surface area contributed by atoms with E-state index in [2.05, 4.69) is 43.6 Å². The number of piperidine rings is 1. The first-order valence-corrected chi connectivity index (χ1v) is 11.6. The molecule has 0 spiro atoms. The predicted molar refractivity (Wildman–Crippen MR) is 122 cm³/mol. The van der Waals surface area contributed by atoms with Gasteiger partial charge >= 0.3 is 0 Å². The van der Waals surface area contributed by atoms with Gasteiger partial charge in [-0.2, -0.15) is 0 Å². The van der Waals surface area contributed by atoms with Crippen LogP contribution in [0.4, 0.5) is 5.69 Å². The molecule has 1 aliphatic rings. The van der Waals surface area contributed by atoms with Gasteiger partial charge in [0.2, 0.25) is 11.8 Å². The highest BCUT2D eigenvalue weighted by atomic mass is 79.9. The molecule has 1 aliphatic heterocycles. The first kappa shape index (κ1) is 21.9. The first-order valence-electron chi connectivity index (χ1n) is 9.83. The highest BCUT2D eigenvalue weighted by Gasteiger charge is 2.22. The Morgan fingerprint density at radius 2 is 1.69 bits per heavy atom. The molecular formula is C22H26BrN3O2S. The van der Waals surface area contributed by atoms with Crippen LogP contribution in [0.25, 0.3) is 0 Å². The topological polar surface area (TPSA) is 61.4 Å². The lowest BCUT2D eigenvalue weighted by molar-refractivity contribution is -0.122. The number of para-hydroxylation sites is 1. The number of hydrogen-bond donors (Lipinski definition) is 2. The van der Waals surface area contributed by atoms with E-state index in [1.165, 1.54) is 4.90 Å². The van der Waals surface area contributed by atoms with Gasteiger partial charge < -0.3 is 10.6 Å². The van der Waals surface area contributed by atoms with Crippen molar-refractivity contribution in [2.45, 2.75) is 30.2 Å². The predicted octanol–water partition coefficient (Wildman–Crippen LogP) is 4.15. The van der Waals surface area contributed by atoms with Crippen LogP contribution >= 0.6 is 27.7 Å². The molecule has 7 heteroatoms. The molecule has 5 nitrogen and oxygen atoms in total. The number of amides is 2. The van der Waals surface area contributed by atoms with E-state index in [4.69, 9.17) is 0 Å². The van der Waals surface area contributed by atoms with Crippen LogP contribution in [0.3, 0.4) is 0 Å². The number of halogens is 1. The maximum absolute atomic E-state index is 12.2. The van der Waals surface area contributed by atoms with E-state index in [0.29, 0.717) is 13.0 Å². The van der Waals surface area contributed by atoms with Crippen molar-refractivity contribution in [3.63, 3.8) is 0 Å². The minimum Gasteiger partial charge on any atom is -0.353 e. The normalized spacial score (nSPS) is 15.1. The van der Waals surface area contributed by atoms with Crippen molar-refractivity contribution in [1.82, 2.24) is 10.2 Å². The van der Waals surface area contributed by atoms with Crippen LogP contribution in [0.15, 0.2) is 64.0 Å². The van der Waals surface area contributed by atoms with E-state index in [1.807, 2.05) is 42.5 Å². The molecule has 3 rings (SSSR count). The molecular weight excluding hydrogens is 450 g/mol. The van der Waals surface area contributed by atoms with Crippen LogP contribution in [0.1, 0.15) is 19.3 Å². The molecule has 2 N–H and O–H groups in total. The van der Waals surface area contributed by atoms with Crippen molar-refractivity contribution in [3.05, 3.63) is 59.1 Å². The lowest BCUT2D eigenvalue weighted by atomic mass is 10.0. The molecule has 2 amide bonds. The van der Waals surface area contributed by atoms with E-state index >= 15 is 0 Å². The van der Waals surface area contributed by atoms with Gasteiger partial charge in [0.15, 0.2) is 0 Å². The number of hydrogen-bond acceptors (Lipinski definition) is 4. The van der Waals surface area contributed by atoms with Crippen molar-refractivity contribution >= 4 is 45.2 Å². The van der Waals surface area contributed by atoms with Crippen LogP contribution in [-0.4, -0.2) is 48.1 Å². The summed E-state index contributed by atoms with van der Waals surface area (Å²) in [6.45, 7) is 2.03. The second kappa shape index (κ2) is 11.4. The zero-order valence-electron chi connectivity index (χ0n) is 16.3. The summed E-state index contributed by atoms with van der Waals surface area (Å²) >= 11 is 5.12. The van der Waals surface area contributed by atoms with Crippen molar-refractivity contribution in [1.29, 1.82) is 0 Å². The number of carbonyl (C=O) groups is 2. The minimum atomic E-state index is 0.00338. The number of anilines is 1. The Hall–Kier alpha value is -1.83. The number of rotatable bonds is 8. The van der Waals surface area contributed by atoms with Crippen LogP contribution < -0.4 is 10.6 Å². The molecule has 1 saturated heterocycles.